The molecular weight excluding hydrogens is 316 g/mol. The molecule has 4 rings (SSSR count). The third kappa shape index (κ3) is 3.60. The summed E-state index contributed by atoms with van der Waals surface area (Å²) in [5, 5.41) is 7.40. The zero-order valence-electron chi connectivity index (χ0n) is 14.3. The van der Waals surface area contributed by atoms with Crippen molar-refractivity contribution in [1.82, 2.24) is 20.0 Å². The Morgan fingerprint density at radius 1 is 1.16 bits per heavy atom. The van der Waals surface area contributed by atoms with Crippen molar-refractivity contribution in [2.45, 2.75) is 31.3 Å². The Morgan fingerprint density at radius 3 is 2.84 bits per heavy atom. The standard InChI is InChI=1S/C19H24N4O2/c24-19(15-6-4-7-16(12-15)23-11-5-8-20-23)21-17-13-25-14-18(17)22-9-2-1-3-10-22/h4-8,11-12,17-18H,1-3,9-10,13-14H2,(H,21,24)/t17-,18-/m0/s1. The van der Waals surface area contributed by atoms with Crippen molar-refractivity contribution < 1.29 is 9.53 Å². The second kappa shape index (κ2) is 7.37. The zero-order valence-corrected chi connectivity index (χ0v) is 14.3. The van der Waals surface area contributed by atoms with E-state index in [1.165, 1.54) is 19.3 Å². The second-order valence-electron chi connectivity index (χ2n) is 6.78. The molecule has 1 aromatic heterocycles. The van der Waals surface area contributed by atoms with Crippen molar-refractivity contribution in [2.24, 2.45) is 0 Å². The van der Waals surface area contributed by atoms with Crippen LogP contribution in [0.15, 0.2) is 42.7 Å². The maximum Gasteiger partial charge on any atom is 0.251 e. The highest BCUT2D eigenvalue weighted by atomic mass is 16.5. The minimum absolute atomic E-state index is 0.0495. The second-order valence-corrected chi connectivity index (χ2v) is 6.78. The number of nitrogens with zero attached hydrogens (tertiary/aromatic N) is 3. The molecule has 2 aliphatic rings. The minimum Gasteiger partial charge on any atom is -0.378 e. The predicted molar refractivity (Wildman–Crippen MR) is 94.8 cm³/mol. The lowest BCUT2D eigenvalue weighted by atomic mass is 10.0. The summed E-state index contributed by atoms with van der Waals surface area (Å²) in [7, 11) is 0. The van der Waals surface area contributed by atoms with Gasteiger partial charge in [0.05, 0.1) is 31.0 Å². The average molecular weight is 340 g/mol. The summed E-state index contributed by atoms with van der Waals surface area (Å²) in [6.07, 6.45) is 7.38. The summed E-state index contributed by atoms with van der Waals surface area (Å²) in [4.78, 5) is 15.2. The van der Waals surface area contributed by atoms with E-state index in [4.69, 9.17) is 4.74 Å². The lowest BCUT2D eigenvalue weighted by Crippen LogP contribution is -2.52. The minimum atomic E-state index is -0.0495. The van der Waals surface area contributed by atoms with Crippen molar-refractivity contribution in [2.75, 3.05) is 26.3 Å². The molecule has 6 nitrogen and oxygen atoms in total. The average Bonchev–Trinajstić information content (AvgIpc) is 3.34. The number of aromatic nitrogens is 2. The number of carbonyl (C=O) groups excluding carboxylic acids is 1. The Morgan fingerprint density at radius 2 is 2.04 bits per heavy atom. The molecule has 1 aromatic carbocycles. The van der Waals surface area contributed by atoms with Gasteiger partial charge in [-0.3, -0.25) is 9.69 Å². The molecule has 0 spiro atoms. The van der Waals surface area contributed by atoms with Crippen molar-refractivity contribution in [1.29, 1.82) is 0 Å². The lowest BCUT2D eigenvalue weighted by molar-refractivity contribution is 0.0900. The van der Waals surface area contributed by atoms with Crippen LogP contribution in [0, 0.1) is 0 Å². The van der Waals surface area contributed by atoms with E-state index in [1.807, 2.05) is 36.5 Å². The van der Waals surface area contributed by atoms with E-state index in [-0.39, 0.29) is 11.9 Å². The van der Waals surface area contributed by atoms with E-state index in [0.717, 1.165) is 18.8 Å². The SMILES string of the molecule is O=C(N[C@H]1COC[C@@H]1N1CCCCC1)c1cccc(-n2cccn2)c1. The van der Waals surface area contributed by atoms with E-state index in [1.54, 1.807) is 10.9 Å². The molecule has 25 heavy (non-hydrogen) atoms. The van der Waals surface area contributed by atoms with Crippen LogP contribution in [0.2, 0.25) is 0 Å². The lowest BCUT2D eigenvalue weighted by Gasteiger charge is -2.34. The third-order valence-electron chi connectivity index (χ3n) is 5.10. The van der Waals surface area contributed by atoms with Gasteiger partial charge >= 0.3 is 0 Å². The van der Waals surface area contributed by atoms with Crippen molar-refractivity contribution in [3.05, 3.63) is 48.3 Å². The Kier molecular flexibility index (Phi) is 4.81. The molecule has 3 heterocycles. The number of hydrogen-bond donors (Lipinski definition) is 1. The molecule has 6 heteroatoms. The first-order valence-corrected chi connectivity index (χ1v) is 9.04. The van der Waals surface area contributed by atoms with Gasteiger partial charge in [0, 0.05) is 18.0 Å². The van der Waals surface area contributed by atoms with Gasteiger partial charge in [-0.1, -0.05) is 12.5 Å². The van der Waals surface area contributed by atoms with Crippen LogP contribution in [0.25, 0.3) is 5.69 Å². The van der Waals surface area contributed by atoms with Gasteiger partial charge in [-0.15, -0.1) is 0 Å². The number of likely N-dealkylation sites (tertiary alicyclic amines) is 1. The molecule has 0 radical (unpaired) electrons. The number of amides is 1. The maximum atomic E-state index is 12.7. The molecule has 1 amide bonds. The van der Waals surface area contributed by atoms with Crippen molar-refractivity contribution in [3.8, 4) is 5.69 Å². The van der Waals surface area contributed by atoms with Crippen LogP contribution in [0.4, 0.5) is 0 Å². The van der Waals surface area contributed by atoms with E-state index in [2.05, 4.69) is 15.3 Å². The highest BCUT2D eigenvalue weighted by molar-refractivity contribution is 5.95. The first-order chi connectivity index (χ1) is 12.3. The monoisotopic (exact) mass is 340 g/mol. The molecule has 1 N–H and O–H groups in total. The third-order valence-corrected chi connectivity index (χ3v) is 5.10. The van der Waals surface area contributed by atoms with Crippen molar-refractivity contribution in [3.63, 3.8) is 0 Å². The molecule has 2 saturated heterocycles. The largest absolute Gasteiger partial charge is 0.378 e. The number of benzene rings is 1. The molecule has 2 atom stereocenters. The number of hydrogen-bond acceptors (Lipinski definition) is 4. The molecule has 2 aromatic rings. The van der Waals surface area contributed by atoms with Gasteiger partial charge in [0.1, 0.15) is 0 Å². The van der Waals surface area contributed by atoms with Crippen LogP contribution < -0.4 is 5.32 Å². The topological polar surface area (TPSA) is 59.4 Å². The van der Waals surface area contributed by atoms with E-state index >= 15 is 0 Å². The molecule has 2 fully saturated rings. The summed E-state index contributed by atoms with van der Waals surface area (Å²) < 4.78 is 7.43. The highest BCUT2D eigenvalue weighted by Crippen LogP contribution is 2.19. The Hall–Kier alpha value is -2.18. The Bertz CT molecular complexity index is 710. The Balaban J connectivity index is 1.45. The molecule has 0 aliphatic carbocycles. The van der Waals surface area contributed by atoms with Gasteiger partial charge in [-0.05, 0) is 50.2 Å². The molecular formula is C19H24N4O2. The molecule has 2 aliphatic heterocycles. The first kappa shape index (κ1) is 16.3. The molecule has 0 saturated carbocycles. The van der Waals surface area contributed by atoms with Gasteiger partial charge in [0.25, 0.3) is 5.91 Å². The van der Waals surface area contributed by atoms with E-state index in [0.29, 0.717) is 24.8 Å². The summed E-state index contributed by atoms with van der Waals surface area (Å²) >= 11 is 0. The predicted octanol–water partition coefficient (Wildman–Crippen LogP) is 1.86. The fourth-order valence-electron chi connectivity index (χ4n) is 3.75. The van der Waals surface area contributed by atoms with Crippen LogP contribution in [0.3, 0.4) is 0 Å². The summed E-state index contributed by atoms with van der Waals surface area (Å²) in [5.74, 6) is -0.0495. The van der Waals surface area contributed by atoms with Gasteiger partial charge in [0.15, 0.2) is 0 Å². The van der Waals surface area contributed by atoms with Crippen LogP contribution in [-0.2, 0) is 4.74 Å². The Labute approximate surface area is 147 Å². The number of carbonyl (C=O) groups is 1. The molecule has 132 valence electrons. The summed E-state index contributed by atoms with van der Waals surface area (Å²) in [6, 6.07) is 9.75. The van der Waals surface area contributed by atoms with Crippen LogP contribution in [0.1, 0.15) is 29.6 Å². The smallest absolute Gasteiger partial charge is 0.251 e. The van der Waals surface area contributed by atoms with E-state index < -0.39 is 0 Å². The quantitative estimate of drug-likeness (QED) is 0.923. The van der Waals surface area contributed by atoms with Crippen LogP contribution in [-0.4, -0.2) is 59.0 Å². The molecule has 0 unspecified atom stereocenters. The summed E-state index contributed by atoms with van der Waals surface area (Å²) in [6.45, 7) is 3.51. The van der Waals surface area contributed by atoms with Crippen LogP contribution >= 0.6 is 0 Å². The first-order valence-electron chi connectivity index (χ1n) is 9.04. The van der Waals surface area contributed by atoms with Gasteiger partial charge in [-0.25, -0.2) is 4.68 Å². The van der Waals surface area contributed by atoms with Gasteiger partial charge in [-0.2, -0.15) is 5.10 Å². The maximum absolute atomic E-state index is 12.7. The normalized spacial score (nSPS) is 24.3. The van der Waals surface area contributed by atoms with E-state index in [9.17, 15) is 4.79 Å². The fourth-order valence-corrected chi connectivity index (χ4v) is 3.75. The summed E-state index contributed by atoms with van der Waals surface area (Å²) in [5.41, 5.74) is 1.53. The van der Waals surface area contributed by atoms with Gasteiger partial charge in [0.2, 0.25) is 0 Å². The number of piperidine rings is 1. The highest BCUT2D eigenvalue weighted by Gasteiger charge is 2.34. The molecule has 0 bridgehead atoms. The number of rotatable bonds is 4. The fraction of sp³-hybridized carbons (Fsp3) is 0.474. The number of nitrogens with one attached hydrogen (secondary N) is 1. The van der Waals surface area contributed by atoms with Gasteiger partial charge < -0.3 is 10.1 Å². The van der Waals surface area contributed by atoms with Crippen molar-refractivity contribution >= 4 is 5.91 Å². The van der Waals surface area contributed by atoms with Crippen LogP contribution in [0.5, 0.6) is 0 Å². The number of ether oxygens (including phenoxy) is 1. The zero-order chi connectivity index (χ0) is 17.1.